The lowest BCUT2D eigenvalue weighted by Crippen LogP contribution is -2.46. The first-order valence-corrected chi connectivity index (χ1v) is 14.5. The van der Waals surface area contributed by atoms with Gasteiger partial charge in [0, 0.05) is 62.1 Å². The molecule has 13 heteroatoms. The number of aromatic amines is 1. The average molecular weight is 605 g/mol. The fourth-order valence-corrected chi connectivity index (χ4v) is 5.57. The number of pyridine rings is 1. The highest BCUT2D eigenvalue weighted by Crippen LogP contribution is 2.33. The molecule has 2 saturated heterocycles. The number of hydrogen-bond donors (Lipinski definition) is 3. The van der Waals surface area contributed by atoms with Crippen LogP contribution in [-0.4, -0.2) is 70.5 Å². The zero-order valence-corrected chi connectivity index (χ0v) is 23.8. The monoisotopic (exact) mass is 604 g/mol. The van der Waals surface area contributed by atoms with Gasteiger partial charge in [0.25, 0.3) is 5.89 Å². The van der Waals surface area contributed by atoms with Crippen LogP contribution < -0.4 is 15.5 Å². The first-order chi connectivity index (χ1) is 21.5. The molecule has 7 rings (SSSR count). The van der Waals surface area contributed by atoms with Gasteiger partial charge in [-0.2, -0.15) is 8.78 Å². The number of nitrogens with zero attached hydrogens (tertiary/aromatic N) is 5. The van der Waals surface area contributed by atoms with Gasteiger partial charge in [0.15, 0.2) is 0 Å². The van der Waals surface area contributed by atoms with Gasteiger partial charge in [0.2, 0.25) is 5.89 Å². The van der Waals surface area contributed by atoms with Crippen molar-refractivity contribution in [2.45, 2.75) is 25.6 Å². The molecule has 2 fully saturated rings. The molecule has 2 aliphatic rings. The highest BCUT2D eigenvalue weighted by atomic mass is 19.3. The van der Waals surface area contributed by atoms with Crippen molar-refractivity contribution < 1.29 is 22.3 Å². The van der Waals surface area contributed by atoms with Gasteiger partial charge in [-0.15, -0.1) is 10.2 Å². The van der Waals surface area contributed by atoms with E-state index >= 15 is 4.39 Å². The summed E-state index contributed by atoms with van der Waals surface area (Å²) >= 11 is 0. The lowest BCUT2D eigenvalue weighted by atomic mass is 10.1. The van der Waals surface area contributed by atoms with E-state index in [9.17, 15) is 8.78 Å². The van der Waals surface area contributed by atoms with Crippen molar-refractivity contribution >= 4 is 28.0 Å². The van der Waals surface area contributed by atoms with Gasteiger partial charge >= 0.3 is 6.43 Å². The molecule has 0 aliphatic carbocycles. The minimum absolute atomic E-state index is 0.0296. The van der Waals surface area contributed by atoms with Crippen LogP contribution in [0.2, 0.25) is 0 Å². The quantitative estimate of drug-likeness (QED) is 0.192. The van der Waals surface area contributed by atoms with Gasteiger partial charge in [0.05, 0.1) is 54.1 Å². The van der Waals surface area contributed by atoms with Crippen LogP contribution in [0.1, 0.15) is 23.6 Å². The number of anilines is 3. The summed E-state index contributed by atoms with van der Waals surface area (Å²) in [5.41, 5.74) is 5.48. The predicted molar refractivity (Wildman–Crippen MR) is 160 cm³/mol. The number of halogens is 3. The number of benzene rings is 2. The fourth-order valence-electron chi connectivity index (χ4n) is 5.57. The van der Waals surface area contributed by atoms with Crippen LogP contribution in [0.4, 0.5) is 30.2 Å². The molecule has 0 atom stereocenters. The van der Waals surface area contributed by atoms with Crippen LogP contribution in [-0.2, 0) is 17.8 Å². The van der Waals surface area contributed by atoms with Crippen molar-refractivity contribution in [3.8, 4) is 11.5 Å². The zero-order valence-electron chi connectivity index (χ0n) is 23.8. The predicted octanol–water partition coefficient (Wildman–Crippen LogP) is 5.43. The third-order valence-electron chi connectivity index (χ3n) is 8.04. The van der Waals surface area contributed by atoms with E-state index in [0.717, 1.165) is 30.8 Å². The van der Waals surface area contributed by atoms with E-state index < -0.39 is 12.3 Å². The first kappa shape index (κ1) is 28.2. The molecule has 2 aromatic carbocycles. The van der Waals surface area contributed by atoms with Crippen molar-refractivity contribution in [1.82, 2.24) is 25.1 Å². The number of H-pyrrole nitrogens is 1. The van der Waals surface area contributed by atoms with E-state index in [4.69, 9.17) is 9.15 Å². The summed E-state index contributed by atoms with van der Waals surface area (Å²) in [6, 6.07) is 15.4. The summed E-state index contributed by atoms with van der Waals surface area (Å²) in [4.78, 5) is 12.2. The molecular formula is C31H31F3N8O2. The molecule has 0 spiro atoms. The van der Waals surface area contributed by atoms with Gasteiger partial charge in [0.1, 0.15) is 5.82 Å². The lowest BCUT2D eigenvalue weighted by molar-refractivity contribution is 0.0211. The minimum Gasteiger partial charge on any atom is -0.415 e. The Labute approximate surface area is 251 Å². The number of rotatable bonds is 10. The second-order valence-corrected chi connectivity index (χ2v) is 11.0. The third kappa shape index (κ3) is 5.92. The lowest BCUT2D eigenvalue weighted by Gasteiger charge is -2.37. The van der Waals surface area contributed by atoms with E-state index in [2.05, 4.69) is 64.9 Å². The van der Waals surface area contributed by atoms with Gasteiger partial charge in [-0.25, -0.2) is 4.39 Å². The third-order valence-corrected chi connectivity index (χ3v) is 8.04. The van der Waals surface area contributed by atoms with Gasteiger partial charge in [-0.3, -0.25) is 9.88 Å². The number of fused-ring (bicyclic) bond motifs is 1. The number of alkyl halides is 2. The summed E-state index contributed by atoms with van der Waals surface area (Å²) in [6.07, 6.45) is 0.607. The molecule has 0 bridgehead atoms. The second-order valence-electron chi connectivity index (χ2n) is 11.0. The van der Waals surface area contributed by atoms with E-state index in [1.807, 2.05) is 12.3 Å². The first-order valence-electron chi connectivity index (χ1n) is 14.5. The fraction of sp³-hybridized carbons (Fsp3) is 0.323. The SMILES string of the molecule is Fc1cc(NCc2ccc(-c3nnc(C(F)F)o3)cn2)c(NC2COC2)cc1N1CCN(Cc2cccc3[nH]ccc23)CC1. The van der Waals surface area contributed by atoms with E-state index in [1.165, 1.54) is 23.2 Å². The summed E-state index contributed by atoms with van der Waals surface area (Å²) in [6.45, 7) is 5.43. The normalized spacial score (nSPS) is 16.0. The Balaban J connectivity index is 1.02. The number of hydrogen-bond acceptors (Lipinski definition) is 9. The molecule has 3 N–H and O–H groups in total. The maximum absolute atomic E-state index is 15.6. The smallest absolute Gasteiger partial charge is 0.314 e. The molecule has 0 radical (unpaired) electrons. The number of ether oxygens (including phenoxy) is 1. The highest BCUT2D eigenvalue weighted by Gasteiger charge is 2.24. The largest absolute Gasteiger partial charge is 0.415 e. The maximum atomic E-state index is 15.6. The molecular weight excluding hydrogens is 573 g/mol. The Morgan fingerprint density at radius 2 is 1.86 bits per heavy atom. The van der Waals surface area contributed by atoms with Gasteiger partial charge in [-0.1, -0.05) is 12.1 Å². The number of aromatic nitrogens is 4. The molecule has 0 unspecified atom stereocenters. The van der Waals surface area contributed by atoms with Crippen LogP contribution >= 0.6 is 0 Å². The van der Waals surface area contributed by atoms with Crippen LogP contribution in [0.25, 0.3) is 22.4 Å². The highest BCUT2D eigenvalue weighted by molar-refractivity contribution is 5.82. The van der Waals surface area contributed by atoms with Crippen LogP contribution in [0.15, 0.2) is 65.3 Å². The molecule has 2 aliphatic heterocycles. The van der Waals surface area contributed by atoms with Gasteiger partial charge < -0.3 is 29.7 Å². The van der Waals surface area contributed by atoms with Crippen molar-refractivity contribution in [3.63, 3.8) is 0 Å². The molecule has 228 valence electrons. The Morgan fingerprint density at radius 3 is 2.59 bits per heavy atom. The van der Waals surface area contributed by atoms with Gasteiger partial charge in [-0.05, 0) is 35.9 Å². The summed E-state index contributed by atoms with van der Waals surface area (Å²) in [7, 11) is 0. The average Bonchev–Trinajstić information content (AvgIpc) is 3.71. The van der Waals surface area contributed by atoms with Crippen molar-refractivity contribution in [2.75, 3.05) is 54.9 Å². The Morgan fingerprint density at radius 1 is 1.00 bits per heavy atom. The molecule has 0 saturated carbocycles. The van der Waals surface area contributed by atoms with E-state index in [-0.39, 0.29) is 17.7 Å². The molecule has 5 aromatic rings. The molecule has 10 nitrogen and oxygen atoms in total. The zero-order chi connectivity index (χ0) is 30.0. The molecule has 5 heterocycles. The molecule has 0 amide bonds. The van der Waals surface area contributed by atoms with Crippen LogP contribution in [0.5, 0.6) is 0 Å². The number of piperazine rings is 1. The summed E-state index contributed by atoms with van der Waals surface area (Å²) in [5, 5.41) is 15.0. The molecule has 44 heavy (non-hydrogen) atoms. The molecule has 3 aromatic heterocycles. The Kier molecular flexibility index (Phi) is 7.79. The number of nitrogens with one attached hydrogen (secondary N) is 3. The second kappa shape index (κ2) is 12.2. The van der Waals surface area contributed by atoms with Crippen molar-refractivity contribution in [2.24, 2.45) is 0 Å². The standard InChI is InChI=1S/C31H31F3N8O2/c32-24-12-26(37-15-21-5-4-19(14-36-21)30-39-40-31(44-30)29(33)34)27(38-22-17-43-18-22)13-28(24)42-10-8-41(9-11-42)16-20-2-1-3-25-23(20)6-7-35-25/h1-7,12-14,22,29,35,37-38H,8-11,15-18H2. The van der Waals surface area contributed by atoms with Crippen molar-refractivity contribution in [1.29, 1.82) is 0 Å². The topological polar surface area (TPSA) is 107 Å². The van der Waals surface area contributed by atoms with Crippen molar-refractivity contribution in [3.05, 3.63) is 83.9 Å². The summed E-state index contributed by atoms with van der Waals surface area (Å²) in [5.74, 6) is -1.07. The van der Waals surface area contributed by atoms with Crippen LogP contribution in [0.3, 0.4) is 0 Å². The van der Waals surface area contributed by atoms with Crippen LogP contribution in [0, 0.1) is 5.82 Å². The minimum atomic E-state index is -2.84. The Bertz CT molecular complexity index is 1730. The van der Waals surface area contributed by atoms with E-state index in [1.54, 1.807) is 12.1 Å². The summed E-state index contributed by atoms with van der Waals surface area (Å²) < 4.78 is 51.5. The van der Waals surface area contributed by atoms with E-state index in [0.29, 0.717) is 55.5 Å². The Hall–Kier alpha value is -4.62. The maximum Gasteiger partial charge on any atom is 0.314 e.